The van der Waals surface area contributed by atoms with Crippen LogP contribution in [0.1, 0.15) is 26.3 Å². The summed E-state index contributed by atoms with van der Waals surface area (Å²) >= 11 is 0. The van der Waals surface area contributed by atoms with E-state index in [1.54, 1.807) is 14.2 Å². The van der Waals surface area contributed by atoms with Gasteiger partial charge in [0, 0.05) is 29.6 Å². The summed E-state index contributed by atoms with van der Waals surface area (Å²) in [6.07, 6.45) is 0. The summed E-state index contributed by atoms with van der Waals surface area (Å²) < 4.78 is 10.8. The third kappa shape index (κ3) is 2.31. The largest absolute Gasteiger partial charge is 0.493 e. The fourth-order valence-corrected chi connectivity index (χ4v) is 3.61. The number of methoxy groups -OCH3 is 2. The third-order valence-electron chi connectivity index (χ3n) is 5.24. The Bertz CT molecular complexity index is 558. The molecule has 1 aliphatic rings. The summed E-state index contributed by atoms with van der Waals surface area (Å²) in [5.41, 5.74) is 1.62. The van der Waals surface area contributed by atoms with Gasteiger partial charge in [0.2, 0.25) is 0 Å². The minimum absolute atomic E-state index is 0.118. The Morgan fingerprint density at radius 2 is 1.76 bits per heavy atom. The van der Waals surface area contributed by atoms with Crippen molar-refractivity contribution < 1.29 is 9.47 Å². The van der Waals surface area contributed by atoms with Gasteiger partial charge in [-0.1, -0.05) is 19.9 Å². The summed E-state index contributed by atoms with van der Waals surface area (Å²) in [7, 11) is 5.42. The Kier molecular flexibility index (Phi) is 4.02. The number of ether oxygens (including phenoxy) is 2. The first-order chi connectivity index (χ1) is 9.78. The Hall–Kier alpha value is -1.55. The molecule has 1 aromatic rings. The maximum atomic E-state index is 8.28. The highest BCUT2D eigenvalue weighted by Gasteiger charge is 2.53. The van der Waals surface area contributed by atoms with Crippen LogP contribution in [-0.4, -0.2) is 45.0 Å². The molecular formula is C17H26N2O2. The molecule has 0 radical (unpaired) electrons. The van der Waals surface area contributed by atoms with Crippen LogP contribution >= 0.6 is 0 Å². The van der Waals surface area contributed by atoms with Crippen LogP contribution in [0.4, 0.5) is 0 Å². The van der Waals surface area contributed by atoms with E-state index in [0.717, 1.165) is 30.3 Å². The summed E-state index contributed by atoms with van der Waals surface area (Å²) in [6, 6.07) is 6.11. The Balaban J connectivity index is 2.55. The van der Waals surface area contributed by atoms with Crippen molar-refractivity contribution in [1.29, 1.82) is 5.41 Å². The lowest BCUT2D eigenvalue weighted by atomic mass is 9.62. The maximum Gasteiger partial charge on any atom is 0.161 e. The van der Waals surface area contributed by atoms with E-state index in [2.05, 4.69) is 37.9 Å². The molecule has 4 heteroatoms. The zero-order valence-electron chi connectivity index (χ0n) is 13.9. The number of hydrogen-bond acceptors (Lipinski definition) is 4. The standard InChI is InChI=1S/C17H26N2O2/c1-12(18)16(2)10-19(4)11-17(16,3)13-7-8-14(20-5)15(9-13)21-6/h7-9,18H,10-11H2,1-6H3. The van der Waals surface area contributed by atoms with Crippen molar-refractivity contribution in [3.05, 3.63) is 23.8 Å². The van der Waals surface area contributed by atoms with Gasteiger partial charge in [-0.15, -0.1) is 0 Å². The predicted molar refractivity (Wildman–Crippen MR) is 85.9 cm³/mol. The first kappa shape index (κ1) is 15.8. The van der Waals surface area contributed by atoms with Crippen molar-refractivity contribution in [2.75, 3.05) is 34.4 Å². The molecule has 1 heterocycles. The van der Waals surface area contributed by atoms with Crippen LogP contribution in [-0.2, 0) is 5.41 Å². The fraction of sp³-hybridized carbons (Fsp3) is 0.588. The van der Waals surface area contributed by atoms with E-state index in [4.69, 9.17) is 14.9 Å². The summed E-state index contributed by atoms with van der Waals surface area (Å²) in [5, 5.41) is 8.28. The Morgan fingerprint density at radius 3 is 2.29 bits per heavy atom. The maximum absolute atomic E-state index is 8.28. The van der Waals surface area contributed by atoms with Gasteiger partial charge in [-0.25, -0.2) is 0 Å². The van der Waals surface area contributed by atoms with Crippen LogP contribution in [0.2, 0.25) is 0 Å². The van der Waals surface area contributed by atoms with Gasteiger partial charge < -0.3 is 19.8 Å². The number of benzene rings is 1. The highest BCUT2D eigenvalue weighted by Crippen LogP contribution is 2.49. The van der Waals surface area contributed by atoms with Crippen LogP contribution in [0.5, 0.6) is 11.5 Å². The van der Waals surface area contributed by atoms with E-state index >= 15 is 0 Å². The molecule has 1 fully saturated rings. The number of hydrogen-bond donors (Lipinski definition) is 1. The van der Waals surface area contributed by atoms with Crippen molar-refractivity contribution in [2.24, 2.45) is 5.41 Å². The van der Waals surface area contributed by atoms with E-state index in [0.29, 0.717) is 0 Å². The molecular weight excluding hydrogens is 264 g/mol. The van der Waals surface area contributed by atoms with E-state index in [1.165, 1.54) is 5.56 Å². The van der Waals surface area contributed by atoms with Crippen LogP contribution < -0.4 is 9.47 Å². The number of nitrogens with zero attached hydrogens (tertiary/aromatic N) is 1. The van der Waals surface area contributed by atoms with Gasteiger partial charge in [0.05, 0.1) is 14.2 Å². The zero-order valence-corrected chi connectivity index (χ0v) is 13.9. The number of rotatable bonds is 4. The zero-order chi connectivity index (χ0) is 15.8. The van der Waals surface area contributed by atoms with Crippen LogP contribution in [0.15, 0.2) is 18.2 Å². The fourth-order valence-electron chi connectivity index (χ4n) is 3.61. The molecule has 1 aliphatic heterocycles. The summed E-state index contributed by atoms with van der Waals surface area (Å²) in [6.45, 7) is 8.17. The molecule has 0 spiro atoms. The second kappa shape index (κ2) is 5.34. The van der Waals surface area contributed by atoms with E-state index in [1.807, 2.05) is 13.0 Å². The second-order valence-electron chi connectivity index (χ2n) is 6.53. The first-order valence-corrected chi connectivity index (χ1v) is 7.25. The molecule has 0 bridgehead atoms. The molecule has 2 rings (SSSR count). The minimum Gasteiger partial charge on any atom is -0.493 e. The van der Waals surface area contributed by atoms with Crippen LogP contribution in [0.3, 0.4) is 0 Å². The van der Waals surface area contributed by atoms with E-state index < -0.39 is 0 Å². The molecule has 0 aromatic heterocycles. The van der Waals surface area contributed by atoms with E-state index in [-0.39, 0.29) is 10.8 Å². The van der Waals surface area contributed by atoms with Crippen molar-refractivity contribution in [2.45, 2.75) is 26.2 Å². The van der Waals surface area contributed by atoms with Crippen LogP contribution in [0, 0.1) is 10.8 Å². The molecule has 116 valence electrons. The highest BCUT2D eigenvalue weighted by molar-refractivity contribution is 5.87. The average molecular weight is 290 g/mol. The van der Waals surface area contributed by atoms with Gasteiger partial charge >= 0.3 is 0 Å². The molecule has 0 amide bonds. The molecule has 4 nitrogen and oxygen atoms in total. The lowest BCUT2D eigenvalue weighted by Gasteiger charge is -2.40. The van der Waals surface area contributed by atoms with Crippen molar-refractivity contribution in [3.8, 4) is 11.5 Å². The van der Waals surface area contributed by atoms with Crippen molar-refractivity contribution in [3.63, 3.8) is 0 Å². The lowest BCUT2D eigenvalue weighted by Crippen LogP contribution is -2.45. The molecule has 1 N–H and O–H groups in total. The quantitative estimate of drug-likeness (QED) is 0.867. The Morgan fingerprint density at radius 1 is 1.14 bits per heavy atom. The van der Waals surface area contributed by atoms with Gasteiger partial charge in [0.1, 0.15) is 0 Å². The third-order valence-corrected chi connectivity index (χ3v) is 5.24. The van der Waals surface area contributed by atoms with Crippen molar-refractivity contribution >= 4 is 5.71 Å². The van der Waals surface area contributed by atoms with Crippen LogP contribution in [0.25, 0.3) is 0 Å². The van der Waals surface area contributed by atoms with Gasteiger partial charge in [-0.2, -0.15) is 0 Å². The minimum atomic E-state index is -0.179. The van der Waals surface area contributed by atoms with Gasteiger partial charge in [0.25, 0.3) is 0 Å². The summed E-state index contributed by atoms with van der Waals surface area (Å²) in [4.78, 5) is 2.30. The smallest absolute Gasteiger partial charge is 0.161 e. The molecule has 21 heavy (non-hydrogen) atoms. The lowest BCUT2D eigenvalue weighted by molar-refractivity contribution is 0.317. The molecule has 1 saturated heterocycles. The van der Waals surface area contributed by atoms with E-state index in [9.17, 15) is 0 Å². The number of nitrogens with one attached hydrogen (secondary N) is 1. The Labute approximate surface area is 127 Å². The molecule has 2 atom stereocenters. The van der Waals surface area contributed by atoms with Crippen molar-refractivity contribution in [1.82, 2.24) is 4.90 Å². The first-order valence-electron chi connectivity index (χ1n) is 7.25. The van der Waals surface area contributed by atoms with Gasteiger partial charge in [-0.05, 0) is 31.7 Å². The normalized spacial score (nSPS) is 29.4. The predicted octanol–water partition coefficient (Wildman–Crippen LogP) is 2.95. The topological polar surface area (TPSA) is 45.5 Å². The molecule has 0 saturated carbocycles. The highest BCUT2D eigenvalue weighted by atomic mass is 16.5. The molecule has 1 aromatic carbocycles. The SMILES string of the molecule is COc1ccc(C2(C)CN(C)CC2(C)C(C)=N)cc1OC. The monoisotopic (exact) mass is 290 g/mol. The number of likely N-dealkylation sites (tertiary alicyclic amines) is 1. The second-order valence-corrected chi connectivity index (χ2v) is 6.53. The van der Waals surface area contributed by atoms with Gasteiger partial charge in [-0.3, -0.25) is 0 Å². The average Bonchev–Trinajstić information content (AvgIpc) is 2.69. The number of likely N-dealkylation sites (N-methyl/N-ethyl adjacent to an activating group) is 1. The molecule has 0 aliphatic carbocycles. The molecule has 2 unspecified atom stereocenters. The van der Waals surface area contributed by atoms with Gasteiger partial charge in [0.15, 0.2) is 11.5 Å². The summed E-state index contributed by atoms with van der Waals surface area (Å²) in [5.74, 6) is 1.49.